The SMILES string of the molecule is CC(C)(C)c1ccc(S(=O)(=O)NC2CCCNC2)cc1. The number of rotatable bonds is 3. The molecule has 1 saturated heterocycles. The van der Waals surface area contributed by atoms with Crippen molar-refractivity contribution in [2.75, 3.05) is 13.1 Å². The van der Waals surface area contributed by atoms with E-state index < -0.39 is 10.0 Å². The zero-order valence-corrected chi connectivity index (χ0v) is 13.3. The smallest absolute Gasteiger partial charge is 0.240 e. The summed E-state index contributed by atoms with van der Waals surface area (Å²) in [5, 5.41) is 3.21. The first-order valence-electron chi connectivity index (χ1n) is 7.13. The summed E-state index contributed by atoms with van der Waals surface area (Å²) in [6.07, 6.45) is 1.91. The van der Waals surface area contributed by atoms with Gasteiger partial charge in [0.25, 0.3) is 0 Å². The van der Waals surface area contributed by atoms with E-state index in [1.54, 1.807) is 12.1 Å². The minimum absolute atomic E-state index is 0.00366. The van der Waals surface area contributed by atoms with Crippen molar-refractivity contribution in [1.29, 1.82) is 0 Å². The zero-order valence-electron chi connectivity index (χ0n) is 12.4. The molecule has 4 nitrogen and oxygen atoms in total. The molecule has 1 heterocycles. The molecule has 1 atom stereocenters. The molecule has 0 amide bonds. The molecule has 1 aromatic rings. The summed E-state index contributed by atoms with van der Waals surface area (Å²) in [7, 11) is -3.41. The summed E-state index contributed by atoms with van der Waals surface area (Å²) in [4.78, 5) is 0.344. The molecule has 2 rings (SSSR count). The molecule has 5 heteroatoms. The Morgan fingerprint density at radius 2 is 1.85 bits per heavy atom. The topological polar surface area (TPSA) is 58.2 Å². The van der Waals surface area contributed by atoms with Gasteiger partial charge in [0.05, 0.1) is 4.90 Å². The van der Waals surface area contributed by atoms with Crippen LogP contribution in [0.15, 0.2) is 29.2 Å². The lowest BCUT2D eigenvalue weighted by atomic mass is 9.87. The van der Waals surface area contributed by atoms with Crippen LogP contribution in [0.1, 0.15) is 39.2 Å². The van der Waals surface area contributed by atoms with Gasteiger partial charge in [0, 0.05) is 12.6 Å². The Balaban J connectivity index is 2.13. The van der Waals surface area contributed by atoms with Crippen LogP contribution < -0.4 is 10.0 Å². The second-order valence-corrected chi connectivity index (χ2v) is 8.15. The van der Waals surface area contributed by atoms with Crippen molar-refractivity contribution in [2.24, 2.45) is 0 Å². The molecule has 1 aromatic carbocycles. The lowest BCUT2D eigenvalue weighted by molar-refractivity contribution is 0.428. The van der Waals surface area contributed by atoms with E-state index in [0.717, 1.165) is 24.9 Å². The molecule has 0 aromatic heterocycles. The lowest BCUT2D eigenvalue weighted by Crippen LogP contribution is -2.45. The first-order chi connectivity index (χ1) is 9.29. The summed E-state index contributed by atoms with van der Waals surface area (Å²) >= 11 is 0. The van der Waals surface area contributed by atoms with Gasteiger partial charge in [-0.1, -0.05) is 32.9 Å². The number of benzene rings is 1. The monoisotopic (exact) mass is 296 g/mol. The maximum absolute atomic E-state index is 12.3. The number of hydrogen-bond acceptors (Lipinski definition) is 3. The van der Waals surface area contributed by atoms with Crippen LogP contribution in [0.25, 0.3) is 0 Å². The average Bonchev–Trinajstić information content (AvgIpc) is 2.38. The Bertz CT molecular complexity index is 538. The van der Waals surface area contributed by atoms with Gasteiger partial charge in [-0.25, -0.2) is 13.1 Å². The van der Waals surface area contributed by atoms with Crippen molar-refractivity contribution >= 4 is 10.0 Å². The molecule has 1 aliphatic rings. The maximum atomic E-state index is 12.3. The van der Waals surface area contributed by atoms with Crippen LogP contribution in [-0.4, -0.2) is 27.5 Å². The van der Waals surface area contributed by atoms with Crippen LogP contribution in [0.2, 0.25) is 0 Å². The Morgan fingerprint density at radius 3 is 2.35 bits per heavy atom. The molecule has 112 valence electrons. The summed E-state index contributed by atoms with van der Waals surface area (Å²) in [6.45, 7) is 8.02. The van der Waals surface area contributed by atoms with Crippen LogP contribution in [0.5, 0.6) is 0 Å². The molecule has 1 aliphatic heterocycles. The van der Waals surface area contributed by atoms with Crippen molar-refractivity contribution in [1.82, 2.24) is 10.0 Å². The van der Waals surface area contributed by atoms with E-state index >= 15 is 0 Å². The standard InChI is InChI=1S/C15H24N2O2S/c1-15(2,3)12-6-8-14(9-7-12)20(18,19)17-13-5-4-10-16-11-13/h6-9,13,16-17H,4-5,10-11H2,1-3H3. The van der Waals surface area contributed by atoms with Gasteiger partial charge in [-0.2, -0.15) is 0 Å². The van der Waals surface area contributed by atoms with E-state index in [2.05, 4.69) is 30.8 Å². The van der Waals surface area contributed by atoms with Crippen LogP contribution in [0.3, 0.4) is 0 Å². The minimum atomic E-state index is -3.41. The van der Waals surface area contributed by atoms with Crippen LogP contribution >= 0.6 is 0 Å². The summed E-state index contributed by atoms with van der Waals surface area (Å²) in [6, 6.07) is 7.18. The average molecular weight is 296 g/mol. The molecule has 0 radical (unpaired) electrons. The predicted molar refractivity (Wildman–Crippen MR) is 81.4 cm³/mol. The van der Waals surface area contributed by atoms with Crippen molar-refractivity contribution < 1.29 is 8.42 Å². The number of sulfonamides is 1. The number of nitrogens with one attached hydrogen (secondary N) is 2. The quantitative estimate of drug-likeness (QED) is 0.897. The third-order valence-electron chi connectivity index (χ3n) is 3.65. The van der Waals surface area contributed by atoms with Crippen molar-refractivity contribution in [3.63, 3.8) is 0 Å². The Labute approximate surface area is 122 Å². The molecular formula is C15H24N2O2S. The highest BCUT2D eigenvalue weighted by molar-refractivity contribution is 7.89. The van der Waals surface area contributed by atoms with Gasteiger partial charge in [0.15, 0.2) is 0 Å². The van der Waals surface area contributed by atoms with Gasteiger partial charge in [0.2, 0.25) is 10.0 Å². The second-order valence-electron chi connectivity index (χ2n) is 6.44. The lowest BCUT2D eigenvalue weighted by Gasteiger charge is -2.24. The van der Waals surface area contributed by atoms with E-state index in [9.17, 15) is 8.42 Å². The predicted octanol–water partition coefficient (Wildman–Crippen LogP) is 2.01. The second kappa shape index (κ2) is 5.84. The van der Waals surface area contributed by atoms with Gasteiger partial charge in [0.1, 0.15) is 0 Å². The zero-order chi connectivity index (χ0) is 14.8. The first kappa shape index (κ1) is 15.5. The summed E-state index contributed by atoms with van der Waals surface area (Å²) in [5.74, 6) is 0. The fourth-order valence-electron chi connectivity index (χ4n) is 2.37. The van der Waals surface area contributed by atoms with Gasteiger partial charge in [-0.15, -0.1) is 0 Å². The largest absolute Gasteiger partial charge is 0.315 e. The molecule has 0 aliphatic carbocycles. The molecule has 0 spiro atoms. The van der Waals surface area contributed by atoms with Crippen LogP contribution in [-0.2, 0) is 15.4 Å². The van der Waals surface area contributed by atoms with Crippen LogP contribution in [0.4, 0.5) is 0 Å². The van der Waals surface area contributed by atoms with E-state index in [0.29, 0.717) is 11.4 Å². The van der Waals surface area contributed by atoms with Crippen LogP contribution in [0, 0.1) is 0 Å². The third-order valence-corrected chi connectivity index (χ3v) is 5.19. The van der Waals surface area contributed by atoms with Crippen molar-refractivity contribution in [3.05, 3.63) is 29.8 Å². The van der Waals surface area contributed by atoms with Crippen molar-refractivity contribution in [2.45, 2.75) is 50.0 Å². The van der Waals surface area contributed by atoms with Crippen molar-refractivity contribution in [3.8, 4) is 0 Å². The third kappa shape index (κ3) is 3.81. The van der Waals surface area contributed by atoms with E-state index in [-0.39, 0.29) is 11.5 Å². The highest BCUT2D eigenvalue weighted by Crippen LogP contribution is 2.23. The molecule has 1 unspecified atom stereocenters. The van der Waals surface area contributed by atoms with Gasteiger partial charge < -0.3 is 5.32 Å². The van der Waals surface area contributed by atoms with Gasteiger partial charge in [-0.05, 0) is 42.5 Å². The summed E-state index contributed by atoms with van der Waals surface area (Å²) < 4.78 is 27.4. The number of piperidine rings is 1. The highest BCUT2D eigenvalue weighted by atomic mass is 32.2. The summed E-state index contributed by atoms with van der Waals surface area (Å²) in [5.41, 5.74) is 1.17. The Morgan fingerprint density at radius 1 is 1.20 bits per heavy atom. The van der Waals surface area contributed by atoms with Gasteiger partial charge >= 0.3 is 0 Å². The van der Waals surface area contributed by atoms with E-state index in [1.807, 2.05) is 12.1 Å². The fraction of sp³-hybridized carbons (Fsp3) is 0.600. The molecule has 0 bridgehead atoms. The minimum Gasteiger partial charge on any atom is -0.315 e. The van der Waals surface area contributed by atoms with E-state index in [4.69, 9.17) is 0 Å². The Hall–Kier alpha value is -0.910. The van der Waals surface area contributed by atoms with Gasteiger partial charge in [-0.3, -0.25) is 0 Å². The van der Waals surface area contributed by atoms with E-state index in [1.165, 1.54) is 0 Å². The molecular weight excluding hydrogens is 272 g/mol. The molecule has 0 saturated carbocycles. The highest BCUT2D eigenvalue weighted by Gasteiger charge is 2.22. The number of hydrogen-bond donors (Lipinski definition) is 2. The molecule has 20 heavy (non-hydrogen) atoms. The molecule has 1 fully saturated rings. The molecule has 2 N–H and O–H groups in total. The first-order valence-corrected chi connectivity index (χ1v) is 8.61. The fourth-order valence-corrected chi connectivity index (χ4v) is 3.64. The normalized spacial score (nSPS) is 20.9. The Kier molecular flexibility index (Phi) is 4.52. The maximum Gasteiger partial charge on any atom is 0.240 e.